The molecule has 1 heterocycles. The number of hydrogen-bond donors (Lipinski definition) is 0. The van der Waals surface area contributed by atoms with Crippen LogP contribution in [0.25, 0.3) is 0 Å². The molecule has 2 heteroatoms. The number of hydrogen-bond acceptors (Lipinski definition) is 1. The first-order valence-corrected chi connectivity index (χ1v) is 9.98. The molecule has 0 bridgehead atoms. The van der Waals surface area contributed by atoms with Gasteiger partial charge in [-0.25, -0.2) is 0 Å². The van der Waals surface area contributed by atoms with Gasteiger partial charge in [0.15, 0.2) is 8.07 Å². The van der Waals surface area contributed by atoms with Gasteiger partial charge in [0.05, 0.1) is 0 Å². The summed E-state index contributed by atoms with van der Waals surface area (Å²) in [5.74, 6) is 0. The molecule has 0 aliphatic heterocycles. The molecule has 0 radical (unpaired) electrons. The van der Waals surface area contributed by atoms with Crippen LogP contribution in [0.15, 0.2) is 12.1 Å². The van der Waals surface area contributed by atoms with Crippen LogP contribution < -0.4 is 4.50 Å². The first kappa shape index (κ1) is 13.5. The molecule has 0 atom stereocenters. The first-order valence-electron chi connectivity index (χ1n) is 6.17. The van der Waals surface area contributed by atoms with Gasteiger partial charge in [-0.3, -0.25) is 0 Å². The van der Waals surface area contributed by atoms with Crippen molar-refractivity contribution in [3.63, 3.8) is 0 Å². The lowest BCUT2D eigenvalue weighted by Crippen LogP contribution is -2.37. The summed E-state index contributed by atoms with van der Waals surface area (Å²) in [7, 11) is -1.54. The van der Waals surface area contributed by atoms with Gasteiger partial charge in [0.25, 0.3) is 0 Å². The standard InChI is InChI=1S/C14H22SSi/c1-5-7-8-9-10-13-11-12-14(15-13)16(3,4)6-2/h2,11-12H,5,7-10H2,1,3-4H3. The van der Waals surface area contributed by atoms with E-state index in [2.05, 4.69) is 37.7 Å². The van der Waals surface area contributed by atoms with Gasteiger partial charge in [0.2, 0.25) is 0 Å². The van der Waals surface area contributed by atoms with E-state index in [4.69, 9.17) is 6.42 Å². The van der Waals surface area contributed by atoms with E-state index in [1.807, 2.05) is 11.3 Å². The molecule has 0 amide bonds. The van der Waals surface area contributed by atoms with E-state index in [9.17, 15) is 0 Å². The Bertz CT molecular complexity index is 357. The number of unbranched alkanes of at least 4 members (excludes halogenated alkanes) is 3. The summed E-state index contributed by atoms with van der Waals surface area (Å²) in [6.07, 6.45) is 12.2. The minimum atomic E-state index is -1.54. The summed E-state index contributed by atoms with van der Waals surface area (Å²) in [6, 6.07) is 4.53. The van der Waals surface area contributed by atoms with Crippen LogP contribution in [0.1, 0.15) is 37.5 Å². The van der Waals surface area contributed by atoms with Gasteiger partial charge in [-0.05, 0) is 18.9 Å². The van der Waals surface area contributed by atoms with Crippen LogP contribution in [-0.4, -0.2) is 8.07 Å². The van der Waals surface area contributed by atoms with Gasteiger partial charge < -0.3 is 0 Å². The summed E-state index contributed by atoms with van der Waals surface area (Å²) in [5.41, 5.74) is 3.00. The molecule has 0 fully saturated rings. The molecule has 1 aromatic rings. The molecule has 88 valence electrons. The maximum atomic E-state index is 5.61. The third-order valence-electron chi connectivity index (χ3n) is 2.92. The predicted octanol–water partition coefficient (Wildman–Crippen LogP) is 3.96. The lowest BCUT2D eigenvalue weighted by atomic mass is 10.1. The maximum absolute atomic E-state index is 5.61. The normalized spacial score (nSPS) is 11.4. The predicted molar refractivity (Wildman–Crippen MR) is 78.1 cm³/mol. The average Bonchev–Trinajstić information content (AvgIpc) is 2.74. The molecule has 0 saturated carbocycles. The second kappa shape index (κ2) is 6.27. The fourth-order valence-corrected chi connectivity index (χ4v) is 4.68. The Balaban J connectivity index is 2.50. The van der Waals surface area contributed by atoms with Gasteiger partial charge in [-0.15, -0.1) is 23.3 Å². The number of rotatable bonds is 6. The van der Waals surface area contributed by atoms with Crippen LogP contribution in [0.2, 0.25) is 13.1 Å². The lowest BCUT2D eigenvalue weighted by molar-refractivity contribution is 0.670. The number of terminal acetylenes is 1. The summed E-state index contributed by atoms with van der Waals surface area (Å²) in [4.78, 5) is 1.52. The van der Waals surface area contributed by atoms with E-state index in [0.717, 1.165) is 0 Å². The Morgan fingerprint density at radius 1 is 1.25 bits per heavy atom. The van der Waals surface area contributed by atoms with Crippen molar-refractivity contribution in [3.05, 3.63) is 17.0 Å². The van der Waals surface area contributed by atoms with Crippen LogP contribution in [0.5, 0.6) is 0 Å². The third kappa shape index (κ3) is 3.81. The molecule has 1 aromatic heterocycles. The zero-order valence-electron chi connectivity index (χ0n) is 10.7. The molecule has 0 aliphatic rings. The molecule has 16 heavy (non-hydrogen) atoms. The van der Waals surface area contributed by atoms with E-state index in [1.54, 1.807) is 0 Å². The average molecular weight is 250 g/mol. The Hall–Kier alpha value is -0.523. The van der Waals surface area contributed by atoms with Crippen molar-refractivity contribution in [3.8, 4) is 12.0 Å². The topological polar surface area (TPSA) is 0 Å². The minimum absolute atomic E-state index is 1.24. The first-order chi connectivity index (χ1) is 7.60. The largest absolute Gasteiger partial charge is 0.173 e. The Labute approximate surface area is 105 Å². The number of thiophene rings is 1. The highest BCUT2D eigenvalue weighted by molar-refractivity contribution is 7.28. The third-order valence-corrected chi connectivity index (χ3v) is 7.83. The lowest BCUT2D eigenvalue weighted by Gasteiger charge is -2.10. The van der Waals surface area contributed by atoms with E-state index in [0.29, 0.717) is 0 Å². The van der Waals surface area contributed by atoms with Crippen LogP contribution in [0.4, 0.5) is 0 Å². The minimum Gasteiger partial charge on any atom is -0.149 e. The van der Waals surface area contributed by atoms with Crippen LogP contribution in [0.3, 0.4) is 0 Å². The van der Waals surface area contributed by atoms with E-state index in [1.165, 1.54) is 41.5 Å². The quantitative estimate of drug-likeness (QED) is 0.407. The van der Waals surface area contributed by atoms with Crippen LogP contribution in [0, 0.1) is 12.0 Å². The second-order valence-electron chi connectivity index (χ2n) is 4.85. The summed E-state index contributed by atoms with van der Waals surface area (Å²) < 4.78 is 1.46. The molecule has 0 N–H and O–H groups in total. The Kier molecular flexibility index (Phi) is 5.31. The molecule has 0 spiro atoms. The van der Waals surface area contributed by atoms with E-state index >= 15 is 0 Å². The van der Waals surface area contributed by atoms with Gasteiger partial charge in [-0.2, -0.15) is 0 Å². The van der Waals surface area contributed by atoms with Crippen molar-refractivity contribution >= 4 is 23.9 Å². The smallest absolute Gasteiger partial charge is 0.149 e. The van der Waals surface area contributed by atoms with Crippen LogP contribution in [-0.2, 0) is 6.42 Å². The molecular formula is C14H22SSi. The maximum Gasteiger partial charge on any atom is 0.173 e. The van der Waals surface area contributed by atoms with Gasteiger partial charge in [0.1, 0.15) is 0 Å². The molecule has 0 aromatic carbocycles. The Morgan fingerprint density at radius 2 is 2.00 bits per heavy atom. The molecule has 0 unspecified atom stereocenters. The van der Waals surface area contributed by atoms with Crippen LogP contribution >= 0.6 is 11.3 Å². The SMILES string of the molecule is C#C[Si](C)(C)c1ccc(CCCCCC)s1. The highest BCUT2D eigenvalue weighted by Gasteiger charge is 2.22. The van der Waals surface area contributed by atoms with E-state index in [-0.39, 0.29) is 0 Å². The van der Waals surface area contributed by atoms with Crippen molar-refractivity contribution in [2.45, 2.75) is 52.1 Å². The van der Waals surface area contributed by atoms with Crippen molar-refractivity contribution in [2.75, 3.05) is 0 Å². The highest BCUT2D eigenvalue weighted by atomic mass is 32.1. The molecular weight excluding hydrogens is 228 g/mol. The van der Waals surface area contributed by atoms with Gasteiger partial charge >= 0.3 is 0 Å². The zero-order chi connectivity index (χ0) is 12.0. The highest BCUT2D eigenvalue weighted by Crippen LogP contribution is 2.16. The van der Waals surface area contributed by atoms with Gasteiger partial charge in [0, 0.05) is 9.38 Å². The van der Waals surface area contributed by atoms with Crippen molar-refractivity contribution in [1.82, 2.24) is 0 Å². The van der Waals surface area contributed by atoms with E-state index < -0.39 is 8.07 Å². The second-order valence-corrected chi connectivity index (χ2v) is 10.5. The van der Waals surface area contributed by atoms with Crippen molar-refractivity contribution in [2.24, 2.45) is 0 Å². The summed E-state index contributed by atoms with van der Waals surface area (Å²) in [5, 5.41) is 0. The summed E-state index contributed by atoms with van der Waals surface area (Å²) in [6.45, 7) is 6.75. The zero-order valence-corrected chi connectivity index (χ0v) is 12.5. The molecule has 0 nitrogen and oxygen atoms in total. The van der Waals surface area contributed by atoms with Crippen molar-refractivity contribution in [1.29, 1.82) is 0 Å². The molecule has 1 rings (SSSR count). The van der Waals surface area contributed by atoms with Gasteiger partial charge in [-0.1, -0.05) is 45.3 Å². The molecule has 0 aliphatic carbocycles. The fraction of sp³-hybridized carbons (Fsp3) is 0.571. The monoisotopic (exact) mass is 250 g/mol. The van der Waals surface area contributed by atoms with Crippen molar-refractivity contribution < 1.29 is 0 Å². The molecule has 0 saturated heterocycles. The fourth-order valence-electron chi connectivity index (χ4n) is 1.65. The Morgan fingerprint density at radius 3 is 2.62 bits per heavy atom. The summed E-state index contributed by atoms with van der Waals surface area (Å²) >= 11 is 1.94. The number of aryl methyl sites for hydroxylation is 1.